The monoisotopic (exact) mass is 742 g/mol. The first-order valence-corrected chi connectivity index (χ1v) is 19.9. The molecule has 4 nitrogen and oxygen atoms in total. The summed E-state index contributed by atoms with van der Waals surface area (Å²) >= 11 is 0. The lowest BCUT2D eigenvalue weighted by atomic mass is 9.79. The lowest BCUT2D eigenvalue weighted by molar-refractivity contribution is 0.662. The summed E-state index contributed by atoms with van der Waals surface area (Å²) in [5, 5.41) is 2.32. The summed E-state index contributed by atoms with van der Waals surface area (Å²) in [7, 11) is 0. The standard InChI is InChI=1S/C54H38N4/c1-54(2)47-27-13-12-22-42(47)43-24-14-23-41(49(43)54)39-32-33-48-46(34-39)44-25-15-26-45(50(44)58(48)40-20-10-5-11-21-40)53-56-51(37-18-8-4-9-19-37)55-52(57-53)38-30-28-36(29-31-38)35-16-6-3-7-17-35/h3-34H,1-2H3. The van der Waals surface area contributed by atoms with E-state index in [1.54, 1.807) is 0 Å². The van der Waals surface area contributed by atoms with Crippen LogP contribution in [-0.2, 0) is 5.41 Å². The topological polar surface area (TPSA) is 43.6 Å². The van der Waals surface area contributed by atoms with E-state index in [0.29, 0.717) is 17.5 Å². The van der Waals surface area contributed by atoms with Gasteiger partial charge in [-0.1, -0.05) is 178 Å². The van der Waals surface area contributed by atoms with Gasteiger partial charge in [0.15, 0.2) is 17.5 Å². The highest BCUT2D eigenvalue weighted by Crippen LogP contribution is 2.52. The van der Waals surface area contributed by atoms with Crippen LogP contribution in [0.4, 0.5) is 0 Å². The van der Waals surface area contributed by atoms with Gasteiger partial charge in [-0.2, -0.15) is 0 Å². The Kier molecular flexibility index (Phi) is 7.80. The van der Waals surface area contributed by atoms with Crippen LogP contribution in [-0.4, -0.2) is 19.5 Å². The molecule has 0 saturated carbocycles. The fourth-order valence-electron chi connectivity index (χ4n) is 9.13. The average Bonchev–Trinajstić information content (AvgIpc) is 3.75. The van der Waals surface area contributed by atoms with Gasteiger partial charge in [-0.3, -0.25) is 0 Å². The van der Waals surface area contributed by atoms with Crippen molar-refractivity contribution < 1.29 is 0 Å². The molecule has 0 atom stereocenters. The Morgan fingerprint density at radius 1 is 0.379 bits per heavy atom. The van der Waals surface area contributed by atoms with Crippen LogP contribution in [0.5, 0.6) is 0 Å². The third-order valence-corrected chi connectivity index (χ3v) is 11.9. The molecule has 8 aromatic carbocycles. The molecule has 0 spiro atoms. The number of nitrogens with zero attached hydrogens (tertiary/aromatic N) is 4. The minimum absolute atomic E-state index is 0.128. The summed E-state index contributed by atoms with van der Waals surface area (Å²) in [6, 6.07) is 68.9. The summed E-state index contributed by atoms with van der Waals surface area (Å²) in [4.78, 5) is 15.6. The maximum absolute atomic E-state index is 5.26. The van der Waals surface area contributed by atoms with E-state index < -0.39 is 0 Å². The minimum Gasteiger partial charge on any atom is -0.308 e. The van der Waals surface area contributed by atoms with Crippen LogP contribution in [0.15, 0.2) is 194 Å². The van der Waals surface area contributed by atoms with Crippen molar-refractivity contribution in [2.45, 2.75) is 19.3 Å². The second-order valence-corrected chi connectivity index (χ2v) is 15.6. The summed E-state index contributed by atoms with van der Waals surface area (Å²) in [6.45, 7) is 4.72. The predicted molar refractivity (Wildman–Crippen MR) is 239 cm³/mol. The van der Waals surface area contributed by atoms with Crippen LogP contribution in [0.3, 0.4) is 0 Å². The quantitative estimate of drug-likeness (QED) is 0.170. The van der Waals surface area contributed by atoms with E-state index >= 15 is 0 Å². The molecule has 0 unspecified atom stereocenters. The van der Waals surface area contributed by atoms with Crippen LogP contribution in [0.1, 0.15) is 25.0 Å². The van der Waals surface area contributed by atoms with Crippen molar-refractivity contribution in [1.82, 2.24) is 19.5 Å². The highest BCUT2D eigenvalue weighted by atomic mass is 15.0. The van der Waals surface area contributed by atoms with Crippen molar-refractivity contribution in [3.63, 3.8) is 0 Å². The first kappa shape index (κ1) is 33.9. The Bertz CT molecular complexity index is 3160. The molecule has 1 aliphatic rings. The van der Waals surface area contributed by atoms with Gasteiger partial charge in [0, 0.05) is 38.6 Å². The van der Waals surface area contributed by atoms with Gasteiger partial charge in [-0.05, 0) is 74.8 Å². The van der Waals surface area contributed by atoms with Gasteiger partial charge in [-0.15, -0.1) is 0 Å². The molecule has 0 amide bonds. The molecule has 4 heteroatoms. The van der Waals surface area contributed by atoms with E-state index in [4.69, 9.17) is 15.0 Å². The van der Waals surface area contributed by atoms with Crippen molar-refractivity contribution in [3.05, 3.63) is 205 Å². The summed E-state index contributed by atoms with van der Waals surface area (Å²) < 4.78 is 2.37. The van der Waals surface area contributed by atoms with Crippen LogP contribution < -0.4 is 0 Å². The Labute approximate surface area is 337 Å². The number of para-hydroxylation sites is 2. The first-order chi connectivity index (χ1) is 28.5. The Balaban J connectivity index is 1.13. The third kappa shape index (κ3) is 5.41. The number of benzene rings is 8. The maximum atomic E-state index is 5.26. The second kappa shape index (κ2) is 13.4. The molecule has 2 heterocycles. The van der Waals surface area contributed by atoms with E-state index in [9.17, 15) is 0 Å². The van der Waals surface area contributed by atoms with Gasteiger partial charge in [-0.25, -0.2) is 15.0 Å². The van der Waals surface area contributed by atoms with Crippen LogP contribution >= 0.6 is 0 Å². The molecule has 0 N–H and O–H groups in total. The normalized spacial score (nSPS) is 12.8. The number of rotatable bonds is 6. The van der Waals surface area contributed by atoms with Crippen molar-refractivity contribution in [3.8, 4) is 73.2 Å². The molecule has 1 aliphatic carbocycles. The van der Waals surface area contributed by atoms with Gasteiger partial charge < -0.3 is 4.57 Å². The van der Waals surface area contributed by atoms with E-state index in [1.165, 1.54) is 44.3 Å². The Morgan fingerprint density at radius 3 is 1.64 bits per heavy atom. The lowest BCUT2D eigenvalue weighted by Gasteiger charge is -2.24. The van der Waals surface area contributed by atoms with Crippen LogP contribution in [0.2, 0.25) is 0 Å². The molecule has 10 aromatic rings. The third-order valence-electron chi connectivity index (χ3n) is 11.9. The SMILES string of the molecule is CC1(C)c2ccccc2-c2cccc(-c3ccc4c(c3)c3cccc(-c5nc(-c6ccccc6)nc(-c6ccc(-c7ccccc7)cc6)n5)c3n4-c3ccccc3)c21. The van der Waals surface area contributed by atoms with Gasteiger partial charge in [0.2, 0.25) is 0 Å². The molecule has 0 saturated heterocycles. The molecule has 0 fully saturated rings. The summed E-state index contributed by atoms with van der Waals surface area (Å²) in [6.07, 6.45) is 0. The number of fused-ring (bicyclic) bond motifs is 6. The van der Waals surface area contributed by atoms with Crippen LogP contribution in [0.25, 0.3) is 95.0 Å². The van der Waals surface area contributed by atoms with Crippen molar-refractivity contribution in [2.75, 3.05) is 0 Å². The molecule has 0 bridgehead atoms. The van der Waals surface area contributed by atoms with Gasteiger partial charge >= 0.3 is 0 Å². The molecular formula is C54H38N4. The Morgan fingerprint density at radius 2 is 0.897 bits per heavy atom. The van der Waals surface area contributed by atoms with Crippen molar-refractivity contribution in [1.29, 1.82) is 0 Å². The predicted octanol–water partition coefficient (Wildman–Crippen LogP) is 13.6. The van der Waals surface area contributed by atoms with E-state index in [1.807, 2.05) is 24.3 Å². The molecule has 11 rings (SSSR count). The van der Waals surface area contributed by atoms with E-state index in [-0.39, 0.29) is 5.41 Å². The highest BCUT2D eigenvalue weighted by molar-refractivity contribution is 6.14. The number of hydrogen-bond donors (Lipinski definition) is 0. The van der Waals surface area contributed by atoms with Crippen molar-refractivity contribution in [2.24, 2.45) is 0 Å². The minimum atomic E-state index is -0.128. The molecule has 0 radical (unpaired) electrons. The van der Waals surface area contributed by atoms with E-state index in [0.717, 1.165) is 44.4 Å². The fraction of sp³-hybridized carbons (Fsp3) is 0.0556. The zero-order valence-corrected chi connectivity index (χ0v) is 32.3. The molecule has 2 aromatic heterocycles. The zero-order chi connectivity index (χ0) is 38.8. The first-order valence-electron chi connectivity index (χ1n) is 19.9. The molecule has 0 aliphatic heterocycles. The Hall–Kier alpha value is -7.43. The van der Waals surface area contributed by atoms with Crippen molar-refractivity contribution >= 4 is 21.8 Å². The van der Waals surface area contributed by atoms with Gasteiger partial charge in [0.1, 0.15) is 0 Å². The largest absolute Gasteiger partial charge is 0.308 e. The molecular weight excluding hydrogens is 705 g/mol. The summed E-state index contributed by atoms with van der Waals surface area (Å²) in [5.74, 6) is 1.89. The zero-order valence-electron chi connectivity index (χ0n) is 32.3. The molecule has 274 valence electrons. The average molecular weight is 743 g/mol. The lowest BCUT2D eigenvalue weighted by Crippen LogP contribution is -2.16. The van der Waals surface area contributed by atoms with Crippen LogP contribution in [0, 0.1) is 0 Å². The fourth-order valence-corrected chi connectivity index (χ4v) is 9.13. The number of aromatic nitrogens is 4. The maximum Gasteiger partial charge on any atom is 0.166 e. The smallest absolute Gasteiger partial charge is 0.166 e. The van der Waals surface area contributed by atoms with E-state index in [2.05, 4.69) is 188 Å². The van der Waals surface area contributed by atoms with Gasteiger partial charge in [0.25, 0.3) is 0 Å². The van der Waals surface area contributed by atoms with Gasteiger partial charge in [0.05, 0.1) is 11.0 Å². The highest BCUT2D eigenvalue weighted by Gasteiger charge is 2.37. The molecule has 58 heavy (non-hydrogen) atoms. The summed E-state index contributed by atoms with van der Waals surface area (Å²) in [5.41, 5.74) is 16.1. The second-order valence-electron chi connectivity index (χ2n) is 15.6. The number of hydrogen-bond acceptors (Lipinski definition) is 3.